The molecule has 1 aliphatic heterocycles. The van der Waals surface area contributed by atoms with Crippen molar-refractivity contribution >= 4 is 33.2 Å². The van der Waals surface area contributed by atoms with Crippen LogP contribution in [0.1, 0.15) is 22.3 Å². The minimum Gasteiger partial charge on any atom is -0.0894 e. The molecule has 0 atom stereocenters. The van der Waals surface area contributed by atoms with Crippen molar-refractivity contribution in [2.75, 3.05) is 0 Å². The zero-order chi connectivity index (χ0) is 21.1. The van der Waals surface area contributed by atoms with Crippen molar-refractivity contribution < 1.29 is 0 Å². The Kier molecular flexibility index (Phi) is 5.55. The predicted molar refractivity (Wildman–Crippen MR) is 135 cm³/mol. The summed E-state index contributed by atoms with van der Waals surface area (Å²) in [4.78, 5) is 2.50. The van der Waals surface area contributed by atoms with Gasteiger partial charge in [-0.2, -0.15) is 0 Å². The summed E-state index contributed by atoms with van der Waals surface area (Å²) in [6.45, 7) is 0. The summed E-state index contributed by atoms with van der Waals surface area (Å²) in [7, 11) is 0. The Labute approximate surface area is 192 Å². The lowest BCUT2D eigenvalue weighted by atomic mass is 9.73. The van der Waals surface area contributed by atoms with Crippen LogP contribution in [0.15, 0.2) is 127 Å². The maximum atomic E-state index is 6.26. The lowest BCUT2D eigenvalue weighted by molar-refractivity contribution is 0.820. The summed E-state index contributed by atoms with van der Waals surface area (Å²) in [5, 5.41) is 0.747. The third kappa shape index (κ3) is 3.99. The molecule has 0 unspecified atom stereocenters. The van der Waals surface area contributed by atoms with Crippen LogP contribution in [-0.2, 0) is 5.41 Å². The zero-order valence-electron chi connectivity index (χ0n) is 16.9. The van der Waals surface area contributed by atoms with Gasteiger partial charge >= 0.3 is 0 Å². The Hall–Kier alpha value is -3.00. The Bertz CT molecular complexity index is 1170. The fourth-order valence-electron chi connectivity index (χ4n) is 4.06. The summed E-state index contributed by atoms with van der Waals surface area (Å²) in [6, 6.07) is 40.2. The van der Waals surface area contributed by atoms with E-state index in [2.05, 4.69) is 115 Å². The van der Waals surface area contributed by atoms with Crippen molar-refractivity contribution in [1.29, 1.82) is 0 Å². The van der Waals surface area contributed by atoms with Gasteiger partial charge in [0.25, 0.3) is 0 Å². The van der Waals surface area contributed by atoms with Crippen LogP contribution in [0.3, 0.4) is 0 Å². The monoisotopic (exact) mass is 436 g/mol. The summed E-state index contributed by atoms with van der Waals surface area (Å²) >= 11 is 8.08. The first kappa shape index (κ1) is 19.9. The summed E-state index contributed by atoms with van der Waals surface area (Å²) < 4.78 is 0. The van der Waals surface area contributed by atoms with Gasteiger partial charge in [0.2, 0.25) is 0 Å². The number of allylic oxidation sites excluding steroid dienone is 2. The van der Waals surface area contributed by atoms with Gasteiger partial charge in [-0.1, -0.05) is 139 Å². The van der Waals surface area contributed by atoms with Crippen molar-refractivity contribution in [2.45, 2.75) is 5.41 Å². The molecule has 0 saturated heterocycles. The molecule has 0 bridgehead atoms. The van der Waals surface area contributed by atoms with Crippen LogP contribution < -0.4 is 0 Å². The van der Waals surface area contributed by atoms with Crippen LogP contribution in [0, 0.1) is 0 Å². The first-order valence-corrected chi connectivity index (χ1v) is 11.5. The van der Waals surface area contributed by atoms with E-state index in [4.69, 9.17) is 11.6 Å². The zero-order valence-corrected chi connectivity index (χ0v) is 18.5. The van der Waals surface area contributed by atoms with Gasteiger partial charge in [0, 0.05) is 14.8 Å². The molecule has 0 spiro atoms. The number of benzene rings is 4. The molecular formula is C29H21ClS. The molecule has 31 heavy (non-hydrogen) atoms. The Morgan fingerprint density at radius 3 is 1.39 bits per heavy atom. The van der Waals surface area contributed by atoms with Crippen molar-refractivity contribution in [3.8, 4) is 0 Å². The molecular weight excluding hydrogens is 416 g/mol. The molecule has 0 aromatic heterocycles. The van der Waals surface area contributed by atoms with Crippen molar-refractivity contribution in [3.63, 3.8) is 0 Å². The lowest BCUT2D eigenvalue weighted by Crippen LogP contribution is -2.25. The van der Waals surface area contributed by atoms with Gasteiger partial charge in [-0.25, -0.2) is 0 Å². The molecule has 0 fully saturated rings. The molecule has 1 aliphatic rings. The molecule has 0 aliphatic carbocycles. The molecule has 1 heterocycles. The summed E-state index contributed by atoms with van der Waals surface area (Å²) in [5.74, 6) is 0. The van der Waals surface area contributed by atoms with E-state index >= 15 is 0 Å². The standard InChI is InChI=1S/C29H21ClS/c30-26-18-16-25(17-19-26)29(24-14-8-3-9-15-24)20-27(22-10-4-1-5-11-22)31-28(21-29)23-12-6-2-7-13-23/h1-21H. The Morgan fingerprint density at radius 1 is 0.484 bits per heavy atom. The summed E-state index contributed by atoms with van der Waals surface area (Å²) in [5.41, 5.74) is 4.49. The van der Waals surface area contributed by atoms with E-state index in [9.17, 15) is 0 Å². The number of hydrogen-bond acceptors (Lipinski definition) is 1. The molecule has 0 radical (unpaired) electrons. The van der Waals surface area contributed by atoms with Crippen LogP contribution in [0.25, 0.3) is 9.81 Å². The van der Waals surface area contributed by atoms with Gasteiger partial charge in [0.05, 0.1) is 5.41 Å². The Balaban J connectivity index is 1.80. The smallest absolute Gasteiger partial charge is 0.0590 e. The highest BCUT2D eigenvalue weighted by molar-refractivity contribution is 8.16. The maximum absolute atomic E-state index is 6.26. The molecule has 150 valence electrons. The van der Waals surface area contributed by atoms with Crippen LogP contribution in [0.2, 0.25) is 5.02 Å². The first-order valence-electron chi connectivity index (χ1n) is 10.3. The highest BCUT2D eigenvalue weighted by atomic mass is 35.5. The van der Waals surface area contributed by atoms with Crippen LogP contribution >= 0.6 is 23.4 Å². The normalized spacial score (nSPS) is 15.1. The van der Waals surface area contributed by atoms with Crippen molar-refractivity contribution in [2.24, 2.45) is 0 Å². The van der Waals surface area contributed by atoms with Gasteiger partial charge in [0.1, 0.15) is 0 Å². The molecule has 4 aromatic carbocycles. The lowest BCUT2D eigenvalue weighted by Gasteiger charge is -2.35. The first-order chi connectivity index (χ1) is 15.2. The SMILES string of the molecule is Clc1ccc(C2(c3ccccc3)C=C(c3ccccc3)SC(c3ccccc3)=C2)cc1. The molecule has 0 N–H and O–H groups in total. The van der Waals surface area contributed by atoms with E-state index in [1.54, 1.807) is 0 Å². The number of hydrogen-bond donors (Lipinski definition) is 0. The fourth-order valence-corrected chi connectivity index (χ4v) is 5.42. The van der Waals surface area contributed by atoms with Gasteiger partial charge in [-0.15, -0.1) is 0 Å². The average Bonchev–Trinajstić information content (AvgIpc) is 2.86. The van der Waals surface area contributed by atoms with Crippen LogP contribution in [0.5, 0.6) is 0 Å². The molecule has 0 saturated carbocycles. The molecule has 2 heteroatoms. The van der Waals surface area contributed by atoms with Crippen LogP contribution in [0.4, 0.5) is 0 Å². The highest BCUT2D eigenvalue weighted by Crippen LogP contribution is 2.51. The van der Waals surface area contributed by atoms with E-state index in [1.807, 2.05) is 23.9 Å². The highest BCUT2D eigenvalue weighted by Gasteiger charge is 2.35. The molecule has 0 nitrogen and oxygen atoms in total. The maximum Gasteiger partial charge on any atom is 0.0590 e. The minimum atomic E-state index is -0.395. The molecule has 5 rings (SSSR count). The molecule has 4 aromatic rings. The van der Waals surface area contributed by atoms with Crippen molar-refractivity contribution in [3.05, 3.63) is 155 Å². The van der Waals surface area contributed by atoms with E-state index in [1.165, 1.54) is 32.1 Å². The fraction of sp³-hybridized carbons (Fsp3) is 0.0345. The van der Waals surface area contributed by atoms with Gasteiger partial charge in [-0.3, -0.25) is 0 Å². The summed E-state index contributed by atoms with van der Waals surface area (Å²) in [6.07, 6.45) is 4.80. The number of halogens is 1. The van der Waals surface area contributed by atoms with E-state index in [-0.39, 0.29) is 0 Å². The second kappa shape index (κ2) is 8.63. The van der Waals surface area contributed by atoms with Gasteiger partial charge in [0.15, 0.2) is 0 Å². The average molecular weight is 437 g/mol. The van der Waals surface area contributed by atoms with Gasteiger partial charge < -0.3 is 0 Å². The van der Waals surface area contributed by atoms with Crippen molar-refractivity contribution in [1.82, 2.24) is 0 Å². The second-order valence-electron chi connectivity index (χ2n) is 7.59. The van der Waals surface area contributed by atoms with E-state index in [0.29, 0.717) is 0 Å². The minimum absolute atomic E-state index is 0.395. The Morgan fingerprint density at radius 2 is 0.903 bits per heavy atom. The second-order valence-corrected chi connectivity index (χ2v) is 9.11. The molecule has 0 amide bonds. The number of thioether (sulfide) groups is 1. The van der Waals surface area contributed by atoms with Gasteiger partial charge in [-0.05, 0) is 34.4 Å². The van der Waals surface area contributed by atoms with E-state index in [0.717, 1.165) is 5.02 Å². The van der Waals surface area contributed by atoms with E-state index < -0.39 is 5.41 Å². The largest absolute Gasteiger partial charge is 0.0894 e. The van der Waals surface area contributed by atoms with Crippen LogP contribution in [-0.4, -0.2) is 0 Å². The topological polar surface area (TPSA) is 0 Å². The number of rotatable bonds is 4. The third-order valence-electron chi connectivity index (χ3n) is 5.63. The quantitative estimate of drug-likeness (QED) is 0.309. The third-order valence-corrected chi connectivity index (χ3v) is 7.03. The predicted octanol–water partition coefficient (Wildman–Crippen LogP) is 8.46.